The average molecular weight is 212 g/mol. The fourth-order valence-corrected chi connectivity index (χ4v) is 1.71. The molecule has 82 valence electrons. The Morgan fingerprint density at radius 1 is 1.27 bits per heavy atom. The van der Waals surface area contributed by atoms with Crippen molar-refractivity contribution in [3.05, 3.63) is 29.3 Å². The van der Waals surface area contributed by atoms with E-state index in [0.29, 0.717) is 24.3 Å². The number of hydrogen-bond acceptors (Lipinski definition) is 5. The van der Waals surface area contributed by atoms with Gasteiger partial charge >= 0.3 is 0 Å². The molecule has 0 amide bonds. The molecule has 4 N–H and O–H groups in total. The van der Waals surface area contributed by atoms with Gasteiger partial charge in [0.2, 0.25) is 12.1 Å². The molecule has 1 aliphatic heterocycles. The van der Waals surface area contributed by atoms with Crippen LogP contribution >= 0.6 is 0 Å². The third kappa shape index (κ3) is 1.59. The molecule has 0 fully saturated rings. The van der Waals surface area contributed by atoms with E-state index in [2.05, 4.69) is 0 Å². The lowest BCUT2D eigenvalue weighted by molar-refractivity contribution is -0.298. The normalized spacial score (nSPS) is 15.3. The van der Waals surface area contributed by atoms with Crippen LogP contribution in [0, 0.1) is 0 Å². The van der Waals surface area contributed by atoms with Crippen molar-refractivity contribution >= 4 is 0 Å². The number of ether oxygens (including phenoxy) is 1. The van der Waals surface area contributed by atoms with Gasteiger partial charge in [0.25, 0.3) is 0 Å². The topological polar surface area (TPSA) is 90.2 Å². The minimum atomic E-state index is -2.65. The highest BCUT2D eigenvalue weighted by Crippen LogP contribution is 2.34. The van der Waals surface area contributed by atoms with Crippen molar-refractivity contribution in [1.82, 2.24) is 0 Å². The Kier molecular flexibility index (Phi) is 2.40. The van der Waals surface area contributed by atoms with Gasteiger partial charge in [-0.1, -0.05) is 12.1 Å². The molecule has 15 heavy (non-hydrogen) atoms. The average Bonchev–Trinajstić information content (AvgIpc) is 2.64. The molecule has 0 spiro atoms. The molecule has 1 aromatic carbocycles. The van der Waals surface area contributed by atoms with Crippen molar-refractivity contribution in [2.75, 3.05) is 6.61 Å². The molecule has 5 nitrogen and oxygen atoms in total. The second kappa shape index (κ2) is 3.46. The highest BCUT2D eigenvalue weighted by atomic mass is 16.6. The number of aliphatic hydroxyl groups excluding tert-OH is 1. The fourth-order valence-electron chi connectivity index (χ4n) is 1.71. The second-order valence-corrected chi connectivity index (χ2v) is 3.48. The van der Waals surface area contributed by atoms with Gasteiger partial charge in [0.15, 0.2) is 0 Å². The summed E-state index contributed by atoms with van der Waals surface area (Å²) in [6.45, 7) is 0.462. The van der Waals surface area contributed by atoms with Crippen LogP contribution in [0.25, 0.3) is 0 Å². The smallest absolute Gasteiger partial charge is 0.243 e. The van der Waals surface area contributed by atoms with Gasteiger partial charge in [-0.05, 0) is 6.07 Å². The summed E-state index contributed by atoms with van der Waals surface area (Å²) in [7, 11) is 0. The van der Waals surface area contributed by atoms with Gasteiger partial charge in [0, 0.05) is 17.5 Å². The molecule has 1 aliphatic rings. The van der Waals surface area contributed by atoms with Crippen molar-refractivity contribution in [2.45, 2.75) is 18.5 Å². The Morgan fingerprint density at radius 3 is 2.67 bits per heavy atom. The van der Waals surface area contributed by atoms with E-state index in [1.807, 2.05) is 0 Å². The molecule has 2 rings (SSSR count). The number of benzene rings is 1. The Morgan fingerprint density at radius 2 is 2.00 bits per heavy atom. The van der Waals surface area contributed by atoms with E-state index >= 15 is 0 Å². The Hall–Kier alpha value is -1.14. The monoisotopic (exact) mass is 212 g/mol. The standard InChI is InChI=1S/C10H12O5/c11-9(12)10(13,14)7-2-1-3-8-6(7)4-5-15-8/h1-3,9,11-14H,4-5H2. The van der Waals surface area contributed by atoms with E-state index in [9.17, 15) is 10.2 Å². The highest BCUT2D eigenvalue weighted by Gasteiger charge is 2.37. The summed E-state index contributed by atoms with van der Waals surface area (Å²) in [6.07, 6.45) is -1.72. The number of hydrogen-bond donors (Lipinski definition) is 4. The van der Waals surface area contributed by atoms with Gasteiger partial charge < -0.3 is 25.2 Å². The van der Waals surface area contributed by atoms with Crippen LogP contribution in [0.5, 0.6) is 5.75 Å². The van der Waals surface area contributed by atoms with Crippen molar-refractivity contribution in [1.29, 1.82) is 0 Å². The van der Waals surface area contributed by atoms with Crippen LogP contribution in [0.15, 0.2) is 18.2 Å². The zero-order chi connectivity index (χ0) is 11.1. The number of fused-ring (bicyclic) bond motifs is 1. The maximum Gasteiger partial charge on any atom is 0.243 e. The summed E-state index contributed by atoms with van der Waals surface area (Å²) in [6, 6.07) is 4.71. The van der Waals surface area contributed by atoms with Crippen molar-refractivity contribution in [3.8, 4) is 5.75 Å². The first kappa shape index (κ1) is 10.4. The fraction of sp³-hybridized carbons (Fsp3) is 0.400. The summed E-state index contributed by atoms with van der Waals surface area (Å²) in [5.74, 6) is -2.10. The van der Waals surface area contributed by atoms with Crippen LogP contribution in [0.2, 0.25) is 0 Å². The van der Waals surface area contributed by atoms with Crippen LogP contribution in [-0.4, -0.2) is 33.3 Å². The molecule has 0 saturated heterocycles. The van der Waals surface area contributed by atoms with Crippen molar-refractivity contribution in [3.63, 3.8) is 0 Å². The molecule has 1 aromatic rings. The molecular formula is C10H12O5. The van der Waals surface area contributed by atoms with Crippen LogP contribution in [0.1, 0.15) is 11.1 Å². The number of rotatable bonds is 2. The molecule has 0 saturated carbocycles. The molecule has 0 unspecified atom stereocenters. The van der Waals surface area contributed by atoms with E-state index < -0.39 is 12.1 Å². The zero-order valence-corrected chi connectivity index (χ0v) is 7.92. The van der Waals surface area contributed by atoms with E-state index in [4.69, 9.17) is 14.9 Å². The zero-order valence-electron chi connectivity index (χ0n) is 7.92. The maximum absolute atomic E-state index is 9.53. The Balaban J connectivity index is 2.49. The molecule has 1 heterocycles. The van der Waals surface area contributed by atoms with Crippen LogP contribution in [0.3, 0.4) is 0 Å². The minimum Gasteiger partial charge on any atom is -0.493 e. The molecule has 5 heteroatoms. The van der Waals surface area contributed by atoms with Gasteiger partial charge in [-0.3, -0.25) is 0 Å². The summed E-state index contributed by atoms with van der Waals surface area (Å²) >= 11 is 0. The van der Waals surface area contributed by atoms with E-state index in [-0.39, 0.29) is 5.56 Å². The van der Waals surface area contributed by atoms with Gasteiger partial charge in [0.05, 0.1) is 6.61 Å². The van der Waals surface area contributed by atoms with Gasteiger partial charge in [0.1, 0.15) is 5.75 Å². The van der Waals surface area contributed by atoms with Gasteiger partial charge in [-0.25, -0.2) is 0 Å². The Bertz CT molecular complexity index is 372. The predicted molar refractivity (Wildman–Crippen MR) is 50.0 cm³/mol. The largest absolute Gasteiger partial charge is 0.493 e. The molecule has 0 radical (unpaired) electrons. The van der Waals surface area contributed by atoms with E-state index in [0.717, 1.165) is 0 Å². The second-order valence-electron chi connectivity index (χ2n) is 3.48. The first-order valence-corrected chi connectivity index (χ1v) is 4.59. The van der Waals surface area contributed by atoms with Crippen molar-refractivity contribution in [2.24, 2.45) is 0 Å². The lowest BCUT2D eigenvalue weighted by atomic mass is 9.97. The third-order valence-corrected chi connectivity index (χ3v) is 2.50. The first-order chi connectivity index (χ1) is 7.03. The molecule has 0 aliphatic carbocycles. The molecule has 0 bridgehead atoms. The van der Waals surface area contributed by atoms with E-state index in [1.54, 1.807) is 12.1 Å². The van der Waals surface area contributed by atoms with Crippen molar-refractivity contribution < 1.29 is 25.2 Å². The lowest BCUT2D eigenvalue weighted by Crippen LogP contribution is -2.39. The minimum absolute atomic E-state index is 0.0764. The van der Waals surface area contributed by atoms with Gasteiger partial charge in [-0.15, -0.1) is 0 Å². The molecular weight excluding hydrogens is 200 g/mol. The van der Waals surface area contributed by atoms with Gasteiger partial charge in [-0.2, -0.15) is 0 Å². The van der Waals surface area contributed by atoms with E-state index in [1.165, 1.54) is 6.07 Å². The SMILES string of the molecule is OC(O)C(O)(O)c1cccc2c1CCO2. The third-order valence-electron chi connectivity index (χ3n) is 2.50. The molecule has 0 aromatic heterocycles. The summed E-state index contributed by atoms with van der Waals surface area (Å²) in [5, 5.41) is 36.8. The summed E-state index contributed by atoms with van der Waals surface area (Å²) in [4.78, 5) is 0. The summed E-state index contributed by atoms with van der Waals surface area (Å²) < 4.78 is 5.23. The summed E-state index contributed by atoms with van der Waals surface area (Å²) in [5.41, 5.74) is 0.683. The maximum atomic E-state index is 9.53. The van der Waals surface area contributed by atoms with Crippen LogP contribution in [-0.2, 0) is 12.2 Å². The quantitative estimate of drug-likeness (QED) is 0.475. The highest BCUT2D eigenvalue weighted by molar-refractivity contribution is 5.44. The lowest BCUT2D eigenvalue weighted by Gasteiger charge is -2.25. The Labute approximate surface area is 86.2 Å². The predicted octanol–water partition coefficient (Wildman–Crippen LogP) is -0.930. The van der Waals surface area contributed by atoms with Crippen LogP contribution in [0.4, 0.5) is 0 Å². The molecule has 0 atom stereocenters. The number of aliphatic hydroxyl groups is 4. The first-order valence-electron chi connectivity index (χ1n) is 4.59. The van der Waals surface area contributed by atoms with Crippen LogP contribution < -0.4 is 4.74 Å².